The van der Waals surface area contributed by atoms with Crippen LogP contribution in [0.3, 0.4) is 0 Å². The molecule has 1 aliphatic carbocycles. The van der Waals surface area contributed by atoms with Crippen LogP contribution in [0.15, 0.2) is 64.5 Å². The molecule has 1 amide bonds. The first-order valence-electron chi connectivity index (χ1n) is 10.9. The van der Waals surface area contributed by atoms with Gasteiger partial charge in [-0.05, 0) is 67.1 Å². The number of ether oxygens (including phenoxy) is 1. The van der Waals surface area contributed by atoms with Gasteiger partial charge in [-0.1, -0.05) is 36.9 Å². The fourth-order valence-electron chi connectivity index (χ4n) is 3.96. The van der Waals surface area contributed by atoms with Gasteiger partial charge in [0.2, 0.25) is 5.91 Å². The first-order valence-corrected chi connectivity index (χ1v) is 12.7. The van der Waals surface area contributed by atoms with E-state index in [0.29, 0.717) is 22.5 Å². The Morgan fingerprint density at radius 1 is 1.18 bits per heavy atom. The number of carbonyl (C=O) groups excluding carboxylic acids is 1. The Morgan fingerprint density at radius 3 is 2.73 bits per heavy atom. The lowest BCUT2D eigenvalue weighted by atomic mass is 9.89. The minimum atomic E-state index is -0.168. The second kappa shape index (κ2) is 9.41. The highest BCUT2D eigenvalue weighted by Crippen LogP contribution is 2.36. The molecule has 8 heteroatoms. The molecule has 0 spiro atoms. The van der Waals surface area contributed by atoms with Crippen molar-refractivity contribution in [3.8, 4) is 11.5 Å². The van der Waals surface area contributed by atoms with E-state index in [2.05, 4.69) is 22.2 Å². The SMILES string of the molecule is CC1CCc2c(sc3nc(SCC(=O)Nc4ccc(Oc5ccccc5)cc4)[nH]c(=O)c23)C1. The fourth-order valence-corrected chi connectivity index (χ4v) is 6.06. The van der Waals surface area contributed by atoms with E-state index in [0.717, 1.165) is 40.8 Å². The predicted molar refractivity (Wildman–Crippen MR) is 134 cm³/mol. The van der Waals surface area contributed by atoms with Gasteiger partial charge in [0.05, 0.1) is 11.1 Å². The Morgan fingerprint density at radius 2 is 1.94 bits per heavy atom. The number of carbonyl (C=O) groups is 1. The second-order valence-corrected chi connectivity index (χ2v) is 10.2. The van der Waals surface area contributed by atoms with E-state index in [-0.39, 0.29) is 17.2 Å². The van der Waals surface area contributed by atoms with Gasteiger partial charge in [-0.2, -0.15) is 0 Å². The molecule has 33 heavy (non-hydrogen) atoms. The standard InChI is InChI=1S/C25H23N3O3S2/c1-15-7-12-19-20(13-15)33-24-22(19)23(30)27-25(28-24)32-14-21(29)26-16-8-10-18(11-9-16)31-17-5-3-2-4-6-17/h2-6,8-11,15H,7,12-14H2,1H3,(H,26,29)(H,27,28,30). The van der Waals surface area contributed by atoms with Crippen LogP contribution < -0.4 is 15.6 Å². The van der Waals surface area contributed by atoms with Gasteiger partial charge in [0.15, 0.2) is 5.16 Å². The number of hydrogen-bond acceptors (Lipinski definition) is 6. The maximum atomic E-state index is 12.7. The molecule has 1 atom stereocenters. The minimum absolute atomic E-state index is 0.107. The number of thioether (sulfide) groups is 1. The molecule has 2 heterocycles. The third kappa shape index (κ3) is 4.96. The maximum absolute atomic E-state index is 12.7. The van der Waals surface area contributed by atoms with Crippen LogP contribution in [0.4, 0.5) is 5.69 Å². The number of thiophene rings is 1. The lowest BCUT2D eigenvalue weighted by Crippen LogP contribution is -2.16. The molecule has 2 N–H and O–H groups in total. The smallest absolute Gasteiger partial charge is 0.260 e. The molecular weight excluding hydrogens is 454 g/mol. The highest BCUT2D eigenvalue weighted by molar-refractivity contribution is 7.99. The average Bonchev–Trinajstić information content (AvgIpc) is 3.17. The quantitative estimate of drug-likeness (QED) is 0.278. The van der Waals surface area contributed by atoms with Crippen molar-refractivity contribution >= 4 is 44.9 Å². The van der Waals surface area contributed by atoms with Gasteiger partial charge < -0.3 is 15.0 Å². The molecule has 0 saturated heterocycles. The van der Waals surface area contributed by atoms with Crippen molar-refractivity contribution in [2.75, 3.05) is 11.1 Å². The molecule has 168 valence electrons. The van der Waals surface area contributed by atoms with Crippen LogP contribution in [0.1, 0.15) is 23.8 Å². The van der Waals surface area contributed by atoms with E-state index in [1.807, 2.05) is 42.5 Å². The monoisotopic (exact) mass is 477 g/mol. The predicted octanol–water partition coefficient (Wildman–Crippen LogP) is 5.63. The number of rotatable bonds is 6. The average molecular weight is 478 g/mol. The van der Waals surface area contributed by atoms with Gasteiger partial charge in [0.25, 0.3) is 5.56 Å². The van der Waals surface area contributed by atoms with E-state index in [1.165, 1.54) is 16.6 Å². The van der Waals surface area contributed by atoms with E-state index in [1.54, 1.807) is 23.5 Å². The number of amides is 1. The topological polar surface area (TPSA) is 84.1 Å². The Balaban J connectivity index is 1.21. The van der Waals surface area contributed by atoms with Crippen LogP contribution in [-0.2, 0) is 17.6 Å². The van der Waals surface area contributed by atoms with Gasteiger partial charge >= 0.3 is 0 Å². The fraction of sp³-hybridized carbons (Fsp3) is 0.240. The zero-order chi connectivity index (χ0) is 22.8. The molecule has 0 fully saturated rings. The number of benzene rings is 2. The molecule has 5 rings (SSSR count). The molecule has 0 aliphatic heterocycles. The van der Waals surface area contributed by atoms with Crippen LogP contribution in [-0.4, -0.2) is 21.6 Å². The second-order valence-electron chi connectivity index (χ2n) is 8.18. The van der Waals surface area contributed by atoms with Crippen molar-refractivity contribution < 1.29 is 9.53 Å². The Labute approximate surface area is 199 Å². The van der Waals surface area contributed by atoms with Crippen molar-refractivity contribution in [1.82, 2.24) is 9.97 Å². The third-order valence-corrected chi connectivity index (χ3v) is 7.62. The summed E-state index contributed by atoms with van der Waals surface area (Å²) >= 11 is 2.85. The number of aromatic amines is 1. The van der Waals surface area contributed by atoms with Gasteiger partial charge in [0.1, 0.15) is 16.3 Å². The maximum Gasteiger partial charge on any atom is 0.260 e. The van der Waals surface area contributed by atoms with Gasteiger partial charge in [-0.3, -0.25) is 9.59 Å². The highest BCUT2D eigenvalue weighted by Gasteiger charge is 2.23. The highest BCUT2D eigenvalue weighted by atomic mass is 32.2. The summed E-state index contributed by atoms with van der Waals surface area (Å²) in [6.07, 6.45) is 3.05. The number of para-hydroxylation sites is 1. The number of hydrogen-bond donors (Lipinski definition) is 2. The Kier molecular flexibility index (Phi) is 6.20. The zero-order valence-electron chi connectivity index (χ0n) is 18.1. The normalized spacial score (nSPS) is 15.2. The summed E-state index contributed by atoms with van der Waals surface area (Å²) in [7, 11) is 0. The molecule has 6 nitrogen and oxygen atoms in total. The molecule has 2 aromatic carbocycles. The number of fused-ring (bicyclic) bond motifs is 3. The molecule has 1 unspecified atom stereocenters. The Hall–Kier alpha value is -3.10. The Bertz CT molecular complexity index is 1350. The summed E-state index contributed by atoms with van der Waals surface area (Å²) < 4.78 is 5.77. The summed E-state index contributed by atoms with van der Waals surface area (Å²) in [6.45, 7) is 2.24. The molecule has 4 aromatic rings. The van der Waals surface area contributed by atoms with Gasteiger partial charge in [-0.25, -0.2) is 4.98 Å². The van der Waals surface area contributed by atoms with Crippen molar-refractivity contribution in [3.05, 3.63) is 75.4 Å². The van der Waals surface area contributed by atoms with Crippen LogP contribution in [0.2, 0.25) is 0 Å². The third-order valence-electron chi connectivity index (χ3n) is 5.60. The molecule has 0 radical (unpaired) electrons. The van der Waals surface area contributed by atoms with Gasteiger partial charge in [0, 0.05) is 10.6 Å². The van der Waals surface area contributed by atoms with Crippen molar-refractivity contribution in [1.29, 1.82) is 0 Å². The largest absolute Gasteiger partial charge is 0.457 e. The van der Waals surface area contributed by atoms with Crippen molar-refractivity contribution in [2.24, 2.45) is 5.92 Å². The van der Waals surface area contributed by atoms with Gasteiger partial charge in [-0.15, -0.1) is 11.3 Å². The summed E-state index contributed by atoms with van der Waals surface area (Å²) in [5, 5.41) is 4.07. The summed E-state index contributed by atoms with van der Waals surface area (Å²) in [4.78, 5) is 34.7. The molecule has 0 saturated carbocycles. The van der Waals surface area contributed by atoms with E-state index in [4.69, 9.17) is 4.74 Å². The summed E-state index contributed by atoms with van der Waals surface area (Å²) in [5.41, 5.74) is 1.73. The number of aromatic nitrogens is 2. The van der Waals surface area contributed by atoms with Crippen molar-refractivity contribution in [2.45, 2.75) is 31.3 Å². The van der Waals surface area contributed by atoms with Crippen LogP contribution in [0, 0.1) is 5.92 Å². The summed E-state index contributed by atoms with van der Waals surface area (Å²) in [6, 6.07) is 16.7. The number of H-pyrrole nitrogens is 1. The lowest BCUT2D eigenvalue weighted by Gasteiger charge is -2.17. The van der Waals surface area contributed by atoms with Crippen LogP contribution in [0.25, 0.3) is 10.2 Å². The van der Waals surface area contributed by atoms with Crippen LogP contribution in [0.5, 0.6) is 11.5 Å². The number of aryl methyl sites for hydroxylation is 1. The zero-order valence-corrected chi connectivity index (χ0v) is 19.7. The number of nitrogens with zero attached hydrogens (tertiary/aromatic N) is 1. The first kappa shape index (κ1) is 21.7. The number of nitrogens with one attached hydrogen (secondary N) is 2. The molecule has 1 aliphatic rings. The van der Waals surface area contributed by atoms with E-state index in [9.17, 15) is 9.59 Å². The number of anilines is 1. The van der Waals surface area contributed by atoms with Crippen molar-refractivity contribution in [3.63, 3.8) is 0 Å². The first-order chi connectivity index (χ1) is 16.0. The molecule has 2 aromatic heterocycles. The van der Waals surface area contributed by atoms with E-state index < -0.39 is 0 Å². The van der Waals surface area contributed by atoms with Crippen LogP contribution >= 0.6 is 23.1 Å². The van der Waals surface area contributed by atoms with E-state index >= 15 is 0 Å². The molecule has 0 bridgehead atoms. The summed E-state index contributed by atoms with van der Waals surface area (Å²) in [5.74, 6) is 2.07. The lowest BCUT2D eigenvalue weighted by molar-refractivity contribution is -0.113. The molecular formula is C25H23N3O3S2. The minimum Gasteiger partial charge on any atom is -0.457 e.